The van der Waals surface area contributed by atoms with E-state index < -0.39 is 17.4 Å². The maximum atomic E-state index is 12.7. The Morgan fingerprint density at radius 2 is 1.73 bits per heavy atom. The van der Waals surface area contributed by atoms with Crippen LogP contribution in [-0.2, 0) is 19.1 Å². The molecular formula is C22H26O4. The van der Waals surface area contributed by atoms with Gasteiger partial charge in [-0.3, -0.25) is 9.59 Å². The van der Waals surface area contributed by atoms with Crippen molar-refractivity contribution in [1.29, 1.82) is 0 Å². The van der Waals surface area contributed by atoms with Crippen molar-refractivity contribution in [3.8, 4) is 11.8 Å². The number of benzene rings is 1. The predicted molar refractivity (Wildman–Crippen MR) is 100 cm³/mol. The van der Waals surface area contributed by atoms with Crippen LogP contribution in [0.1, 0.15) is 45.1 Å². The van der Waals surface area contributed by atoms with Crippen molar-refractivity contribution in [2.45, 2.75) is 39.5 Å². The minimum atomic E-state index is -1.42. The van der Waals surface area contributed by atoms with Crippen molar-refractivity contribution in [3.05, 3.63) is 48.0 Å². The number of carbonyl (C=O) groups excluding carboxylic acids is 2. The Morgan fingerprint density at radius 1 is 1.12 bits per heavy atom. The normalized spacial score (nSPS) is 13.8. The highest BCUT2D eigenvalue weighted by Crippen LogP contribution is 2.34. The number of rotatable bonds is 8. The fraction of sp³-hybridized carbons (Fsp3) is 0.455. The summed E-state index contributed by atoms with van der Waals surface area (Å²) in [7, 11) is 0. The largest absolute Gasteiger partial charge is 0.465 e. The molecule has 1 aromatic carbocycles. The SMILES string of the molecule is CCOC(=O)C(CC#Cc1ccccc1)(C/C=C/C1CC1)C(=O)OCC. The van der Waals surface area contributed by atoms with Crippen molar-refractivity contribution < 1.29 is 19.1 Å². The Bertz CT molecular complexity index is 672. The van der Waals surface area contributed by atoms with Crippen LogP contribution in [0.5, 0.6) is 0 Å². The molecule has 0 saturated heterocycles. The molecule has 0 radical (unpaired) electrons. The number of hydrogen-bond acceptors (Lipinski definition) is 4. The lowest BCUT2D eigenvalue weighted by Gasteiger charge is -2.26. The molecule has 1 aliphatic carbocycles. The maximum absolute atomic E-state index is 12.7. The van der Waals surface area contributed by atoms with Crippen LogP contribution < -0.4 is 0 Å². The summed E-state index contributed by atoms with van der Waals surface area (Å²) in [6.07, 6.45) is 6.60. The van der Waals surface area contributed by atoms with Gasteiger partial charge in [0.2, 0.25) is 0 Å². The van der Waals surface area contributed by atoms with E-state index >= 15 is 0 Å². The third-order valence-corrected chi connectivity index (χ3v) is 4.23. The fourth-order valence-electron chi connectivity index (χ4n) is 2.57. The Morgan fingerprint density at radius 3 is 2.27 bits per heavy atom. The zero-order valence-electron chi connectivity index (χ0n) is 15.5. The van der Waals surface area contributed by atoms with Gasteiger partial charge in [-0.05, 0) is 51.2 Å². The summed E-state index contributed by atoms with van der Waals surface area (Å²) in [4.78, 5) is 25.4. The van der Waals surface area contributed by atoms with Gasteiger partial charge in [0.15, 0.2) is 5.41 Å². The van der Waals surface area contributed by atoms with Crippen LogP contribution in [0.15, 0.2) is 42.5 Å². The minimum absolute atomic E-state index is 0.0641. The zero-order valence-corrected chi connectivity index (χ0v) is 15.5. The molecule has 1 aliphatic rings. The number of allylic oxidation sites excluding steroid dienone is 2. The Balaban J connectivity index is 2.27. The van der Waals surface area contributed by atoms with E-state index in [4.69, 9.17) is 9.47 Å². The highest BCUT2D eigenvalue weighted by atomic mass is 16.6. The van der Waals surface area contributed by atoms with Gasteiger partial charge in [0.1, 0.15) is 0 Å². The summed E-state index contributed by atoms with van der Waals surface area (Å²) in [6, 6.07) is 9.47. The van der Waals surface area contributed by atoms with Gasteiger partial charge in [-0.25, -0.2) is 0 Å². The molecule has 0 atom stereocenters. The number of hydrogen-bond donors (Lipinski definition) is 0. The van der Waals surface area contributed by atoms with E-state index in [1.54, 1.807) is 13.8 Å². The average Bonchev–Trinajstić information content (AvgIpc) is 3.46. The van der Waals surface area contributed by atoms with Crippen LogP contribution in [0.3, 0.4) is 0 Å². The first-order valence-corrected chi connectivity index (χ1v) is 9.17. The Kier molecular flexibility index (Phi) is 7.47. The lowest BCUT2D eigenvalue weighted by Crippen LogP contribution is -2.41. The molecule has 0 spiro atoms. The molecule has 138 valence electrons. The summed E-state index contributed by atoms with van der Waals surface area (Å²) >= 11 is 0. The number of esters is 2. The molecule has 0 amide bonds. The van der Waals surface area contributed by atoms with Crippen LogP contribution in [0.25, 0.3) is 0 Å². The van der Waals surface area contributed by atoms with Gasteiger partial charge >= 0.3 is 11.9 Å². The number of carbonyl (C=O) groups is 2. The van der Waals surface area contributed by atoms with Crippen molar-refractivity contribution in [1.82, 2.24) is 0 Å². The third-order valence-electron chi connectivity index (χ3n) is 4.23. The maximum Gasteiger partial charge on any atom is 0.324 e. The molecule has 26 heavy (non-hydrogen) atoms. The molecule has 4 heteroatoms. The summed E-state index contributed by atoms with van der Waals surface area (Å²) < 4.78 is 10.4. The van der Waals surface area contributed by atoms with Gasteiger partial charge < -0.3 is 9.47 Å². The highest BCUT2D eigenvalue weighted by Gasteiger charge is 2.47. The summed E-state index contributed by atoms with van der Waals surface area (Å²) in [5.74, 6) is 5.43. The summed E-state index contributed by atoms with van der Waals surface area (Å²) in [5.41, 5.74) is -0.582. The van der Waals surface area contributed by atoms with Gasteiger partial charge in [-0.1, -0.05) is 42.2 Å². The Hall–Kier alpha value is -2.54. The lowest BCUT2D eigenvalue weighted by atomic mass is 9.80. The molecule has 1 aromatic rings. The van der Waals surface area contributed by atoms with E-state index in [2.05, 4.69) is 17.9 Å². The van der Waals surface area contributed by atoms with Crippen LogP contribution in [-0.4, -0.2) is 25.2 Å². The molecule has 4 nitrogen and oxygen atoms in total. The van der Waals surface area contributed by atoms with Gasteiger partial charge in [-0.2, -0.15) is 0 Å². The van der Waals surface area contributed by atoms with Crippen LogP contribution >= 0.6 is 0 Å². The van der Waals surface area contributed by atoms with Crippen LogP contribution in [0, 0.1) is 23.2 Å². The monoisotopic (exact) mass is 354 g/mol. The predicted octanol–water partition coefficient (Wildman–Crippen LogP) is 3.90. The fourth-order valence-corrected chi connectivity index (χ4v) is 2.57. The molecule has 0 aliphatic heterocycles. The second-order valence-electron chi connectivity index (χ2n) is 6.34. The molecule has 0 aromatic heterocycles. The first-order valence-electron chi connectivity index (χ1n) is 9.17. The summed E-state index contributed by atoms with van der Waals surface area (Å²) in [5, 5.41) is 0. The third kappa shape index (κ3) is 5.49. The average molecular weight is 354 g/mol. The van der Waals surface area contributed by atoms with E-state index in [1.165, 1.54) is 0 Å². The number of ether oxygens (including phenoxy) is 2. The lowest BCUT2D eigenvalue weighted by molar-refractivity contribution is -0.171. The first-order chi connectivity index (χ1) is 12.6. The molecule has 0 N–H and O–H groups in total. The van der Waals surface area contributed by atoms with Crippen LogP contribution in [0.4, 0.5) is 0 Å². The van der Waals surface area contributed by atoms with E-state index in [0.717, 1.165) is 18.4 Å². The minimum Gasteiger partial charge on any atom is -0.465 e. The second-order valence-corrected chi connectivity index (χ2v) is 6.34. The van der Waals surface area contributed by atoms with Crippen molar-refractivity contribution in [2.24, 2.45) is 11.3 Å². The highest BCUT2D eigenvalue weighted by molar-refractivity contribution is 6.00. The standard InChI is InChI=1S/C22H26O4/c1-3-25-20(23)22(21(24)26-4-2,17-9-13-19-14-15-19)16-8-12-18-10-6-5-7-11-18/h5-7,9-11,13,19H,3-4,14-17H2,1-2H3/b13-9+. The van der Waals surface area contributed by atoms with Gasteiger partial charge in [0.25, 0.3) is 0 Å². The van der Waals surface area contributed by atoms with E-state index in [-0.39, 0.29) is 26.1 Å². The van der Waals surface area contributed by atoms with E-state index in [1.807, 2.05) is 36.4 Å². The molecule has 1 saturated carbocycles. The summed E-state index contributed by atoms with van der Waals surface area (Å²) in [6.45, 7) is 3.86. The van der Waals surface area contributed by atoms with Gasteiger partial charge in [0, 0.05) is 12.0 Å². The van der Waals surface area contributed by atoms with Crippen molar-refractivity contribution in [3.63, 3.8) is 0 Å². The van der Waals surface area contributed by atoms with E-state index in [9.17, 15) is 9.59 Å². The zero-order chi connectivity index (χ0) is 18.8. The molecule has 0 heterocycles. The van der Waals surface area contributed by atoms with Gasteiger partial charge in [0.05, 0.1) is 13.2 Å². The molecular weight excluding hydrogens is 328 g/mol. The smallest absolute Gasteiger partial charge is 0.324 e. The molecule has 2 rings (SSSR count). The van der Waals surface area contributed by atoms with Gasteiger partial charge in [-0.15, -0.1) is 0 Å². The molecule has 1 fully saturated rings. The van der Waals surface area contributed by atoms with Crippen molar-refractivity contribution in [2.75, 3.05) is 13.2 Å². The quantitative estimate of drug-likeness (QED) is 0.307. The molecule has 0 bridgehead atoms. The molecule has 0 unspecified atom stereocenters. The van der Waals surface area contributed by atoms with Crippen LogP contribution in [0.2, 0.25) is 0 Å². The topological polar surface area (TPSA) is 52.6 Å². The Labute approximate surface area is 155 Å². The van der Waals surface area contributed by atoms with Crippen molar-refractivity contribution >= 4 is 11.9 Å². The second kappa shape index (κ2) is 9.82. The first kappa shape index (κ1) is 19.8. The van der Waals surface area contributed by atoms with E-state index in [0.29, 0.717) is 5.92 Å².